The quantitative estimate of drug-likeness (QED) is 0.405. The molecule has 0 fully saturated rings. The van der Waals surface area contributed by atoms with E-state index in [-0.39, 0.29) is 14.7 Å². The molecule has 3 rings (SSSR count). The van der Waals surface area contributed by atoms with E-state index in [4.69, 9.17) is 11.5 Å². The predicted molar refractivity (Wildman–Crippen MR) is 89.9 cm³/mol. The summed E-state index contributed by atoms with van der Waals surface area (Å²) in [5.41, 5.74) is 8.41. The predicted octanol–water partition coefficient (Wildman–Crippen LogP) is -0.888. The maximum Gasteiger partial charge on any atom is 0.513 e. The van der Waals surface area contributed by atoms with Crippen molar-refractivity contribution in [1.82, 2.24) is 15.0 Å². The van der Waals surface area contributed by atoms with E-state index >= 15 is 0 Å². The lowest BCUT2D eigenvalue weighted by Crippen LogP contribution is -2.57. The number of nitrogens with zero attached hydrogens (tertiary/aromatic N) is 2. The lowest BCUT2D eigenvalue weighted by atomic mass is 10.4. The SMILES string of the molecule is Nc1[nH]c(=O)[n+](S(=O)(=O)c2ccccc2)cc1F.Nc1[nH]c(=O)ncc1F. The molecule has 27 heavy (non-hydrogen) atoms. The Morgan fingerprint density at radius 2 is 1.56 bits per heavy atom. The highest BCUT2D eigenvalue weighted by atomic mass is 32.2. The maximum absolute atomic E-state index is 13.2. The van der Waals surface area contributed by atoms with Crippen LogP contribution < -0.4 is 26.8 Å². The molecule has 0 unspecified atom stereocenters. The minimum absolute atomic E-state index is 0.121. The molecule has 0 aliphatic rings. The van der Waals surface area contributed by atoms with Crippen LogP contribution >= 0.6 is 0 Å². The Morgan fingerprint density at radius 3 is 2.11 bits per heavy atom. The monoisotopic (exact) mass is 399 g/mol. The molecule has 1 aromatic carbocycles. The number of rotatable bonds is 2. The van der Waals surface area contributed by atoms with E-state index in [2.05, 4.69) is 4.98 Å². The second-order valence-electron chi connectivity index (χ2n) is 4.88. The molecule has 2 aromatic heterocycles. The average Bonchev–Trinajstić information content (AvgIpc) is 2.63. The molecule has 0 radical (unpaired) electrons. The minimum atomic E-state index is -4.13. The summed E-state index contributed by atoms with van der Waals surface area (Å²) in [6.45, 7) is 0. The lowest BCUT2D eigenvalue weighted by molar-refractivity contribution is -0.534. The highest BCUT2D eigenvalue weighted by Gasteiger charge is 2.26. The summed E-state index contributed by atoms with van der Waals surface area (Å²) in [7, 11) is -4.13. The van der Waals surface area contributed by atoms with Crippen LogP contribution in [0.4, 0.5) is 20.4 Å². The van der Waals surface area contributed by atoms with Gasteiger partial charge in [-0.25, -0.2) is 9.18 Å². The number of aromatic nitrogens is 4. The van der Waals surface area contributed by atoms with Gasteiger partial charge in [-0.15, -0.1) is 0 Å². The smallest absolute Gasteiger partial charge is 0.383 e. The second kappa shape index (κ2) is 7.74. The minimum Gasteiger partial charge on any atom is -0.383 e. The largest absolute Gasteiger partial charge is 0.513 e. The number of hydrogen-bond donors (Lipinski definition) is 4. The van der Waals surface area contributed by atoms with Crippen LogP contribution in [0.5, 0.6) is 0 Å². The molecule has 0 bridgehead atoms. The highest BCUT2D eigenvalue weighted by molar-refractivity contribution is 7.85. The number of nitrogens with two attached hydrogens (primary N) is 2. The molecular weight excluding hydrogens is 386 g/mol. The topological polar surface area (TPSA) is 169 Å². The molecule has 10 nitrogen and oxygen atoms in total. The summed E-state index contributed by atoms with van der Waals surface area (Å²) >= 11 is 0. The Morgan fingerprint density at radius 1 is 0.963 bits per heavy atom. The summed E-state index contributed by atoms with van der Waals surface area (Å²) in [5, 5.41) is 0. The van der Waals surface area contributed by atoms with Crippen LogP contribution in [0.3, 0.4) is 0 Å². The van der Waals surface area contributed by atoms with Crippen LogP contribution in [-0.2, 0) is 10.0 Å². The summed E-state index contributed by atoms with van der Waals surface area (Å²) in [4.78, 5) is 28.6. The molecule has 0 amide bonds. The van der Waals surface area contributed by atoms with Crippen molar-refractivity contribution in [2.45, 2.75) is 4.90 Å². The summed E-state index contributed by atoms with van der Waals surface area (Å²) < 4.78 is 49.7. The van der Waals surface area contributed by atoms with Gasteiger partial charge in [0.2, 0.25) is 11.6 Å². The van der Waals surface area contributed by atoms with Gasteiger partial charge in [-0.1, -0.05) is 22.2 Å². The van der Waals surface area contributed by atoms with Crippen molar-refractivity contribution in [2.24, 2.45) is 0 Å². The second-order valence-corrected chi connectivity index (χ2v) is 6.70. The number of halogens is 2. The first kappa shape index (κ1) is 19.7. The molecular formula is C14H13F2N6O4S+. The van der Waals surface area contributed by atoms with Crippen molar-refractivity contribution in [3.05, 3.63) is 75.3 Å². The Hall–Kier alpha value is -3.61. The van der Waals surface area contributed by atoms with Crippen LogP contribution in [0, 0.1) is 11.6 Å². The number of nitrogen functional groups attached to an aromatic ring is 2. The van der Waals surface area contributed by atoms with Crippen LogP contribution in [-0.4, -0.2) is 23.4 Å². The molecule has 2 heterocycles. The van der Waals surface area contributed by atoms with Gasteiger partial charge < -0.3 is 11.5 Å². The van der Waals surface area contributed by atoms with Crippen molar-refractivity contribution in [3.63, 3.8) is 0 Å². The number of benzene rings is 1. The van der Waals surface area contributed by atoms with Crippen LogP contribution in [0.25, 0.3) is 0 Å². The summed E-state index contributed by atoms with van der Waals surface area (Å²) in [6.07, 6.45) is 1.31. The van der Waals surface area contributed by atoms with E-state index < -0.39 is 38.9 Å². The van der Waals surface area contributed by atoms with Gasteiger partial charge in [0.25, 0.3) is 0 Å². The molecule has 142 valence electrons. The molecule has 6 N–H and O–H groups in total. The van der Waals surface area contributed by atoms with Gasteiger partial charge >= 0.3 is 21.4 Å². The van der Waals surface area contributed by atoms with E-state index in [0.29, 0.717) is 6.20 Å². The number of hydrogen-bond acceptors (Lipinski definition) is 7. The van der Waals surface area contributed by atoms with Gasteiger partial charge in [-0.3, -0.25) is 4.98 Å². The highest BCUT2D eigenvalue weighted by Crippen LogP contribution is 2.07. The van der Waals surface area contributed by atoms with Gasteiger partial charge in [0, 0.05) is 0 Å². The number of H-pyrrole nitrogens is 2. The molecule has 3 aromatic rings. The van der Waals surface area contributed by atoms with Gasteiger partial charge in [0.05, 0.1) is 6.20 Å². The zero-order valence-electron chi connectivity index (χ0n) is 13.4. The van der Waals surface area contributed by atoms with E-state index in [1.807, 2.05) is 9.97 Å². The van der Waals surface area contributed by atoms with Gasteiger partial charge in [0.15, 0.2) is 12.0 Å². The third-order valence-electron chi connectivity index (χ3n) is 3.02. The Bertz CT molecular complexity index is 1180. The van der Waals surface area contributed by atoms with Gasteiger partial charge in [0.1, 0.15) is 10.7 Å². The number of aromatic amines is 2. The molecule has 0 aliphatic carbocycles. The molecule has 0 saturated heterocycles. The van der Waals surface area contributed by atoms with Crippen LogP contribution in [0.15, 0.2) is 57.2 Å². The van der Waals surface area contributed by atoms with Crippen LogP contribution in [0.2, 0.25) is 0 Å². The zero-order valence-corrected chi connectivity index (χ0v) is 14.2. The van der Waals surface area contributed by atoms with Crippen molar-refractivity contribution in [1.29, 1.82) is 0 Å². The fraction of sp³-hybridized carbons (Fsp3) is 0. The molecule has 13 heteroatoms. The fourth-order valence-corrected chi connectivity index (χ4v) is 2.96. The maximum atomic E-state index is 13.2. The Balaban J connectivity index is 0.000000244. The normalized spacial score (nSPS) is 10.7. The third-order valence-corrected chi connectivity index (χ3v) is 4.68. The van der Waals surface area contributed by atoms with Crippen molar-refractivity contribution >= 4 is 21.7 Å². The standard InChI is InChI=1S/C10H8FN3O3S.C4H4FN3O/c11-8-6-14(10(15)13-9(8)12)18(16,17)7-4-2-1-3-5-7;5-2-1-7-4(9)8-3(2)6/h1-6H,(H2,12,13,15);1H,(H3,6,7,8,9)/p+1. The first-order valence-corrected chi connectivity index (χ1v) is 8.48. The third kappa shape index (κ3) is 4.52. The first-order chi connectivity index (χ1) is 12.6. The molecule has 0 aliphatic heterocycles. The fourth-order valence-electron chi connectivity index (χ4n) is 1.74. The van der Waals surface area contributed by atoms with Crippen molar-refractivity contribution in [3.8, 4) is 0 Å². The van der Waals surface area contributed by atoms with Crippen molar-refractivity contribution in [2.75, 3.05) is 11.5 Å². The molecule has 0 saturated carbocycles. The van der Waals surface area contributed by atoms with Crippen LogP contribution in [0.1, 0.15) is 0 Å². The summed E-state index contributed by atoms with van der Waals surface area (Å²) in [6, 6.07) is 7.22. The molecule has 0 atom stereocenters. The number of anilines is 2. The van der Waals surface area contributed by atoms with Crippen molar-refractivity contribution < 1.29 is 21.2 Å². The first-order valence-electron chi connectivity index (χ1n) is 7.04. The Labute approximate surface area is 150 Å². The lowest BCUT2D eigenvalue weighted by Gasteiger charge is -2.01. The summed E-state index contributed by atoms with van der Waals surface area (Å²) in [5.74, 6) is -2.53. The van der Waals surface area contributed by atoms with E-state index in [1.54, 1.807) is 6.07 Å². The zero-order chi connectivity index (χ0) is 20.2. The van der Waals surface area contributed by atoms with Gasteiger partial charge in [-0.05, 0) is 12.1 Å². The number of nitrogens with one attached hydrogen (secondary N) is 2. The average molecular weight is 399 g/mol. The van der Waals surface area contributed by atoms with Gasteiger partial charge in [-0.2, -0.15) is 27.6 Å². The van der Waals surface area contributed by atoms with E-state index in [0.717, 1.165) is 6.20 Å². The van der Waals surface area contributed by atoms with E-state index in [9.17, 15) is 26.8 Å². The Kier molecular flexibility index (Phi) is 5.65. The molecule has 0 spiro atoms. The van der Waals surface area contributed by atoms with E-state index in [1.165, 1.54) is 24.3 Å².